The zero-order valence-corrected chi connectivity index (χ0v) is 9.11. The lowest BCUT2D eigenvalue weighted by molar-refractivity contribution is 0.314. The molecule has 1 N–H and O–H groups in total. The molecule has 0 saturated carbocycles. The molecule has 1 unspecified atom stereocenters. The van der Waals surface area contributed by atoms with E-state index >= 15 is 0 Å². The van der Waals surface area contributed by atoms with Crippen LogP contribution in [0.5, 0.6) is 0 Å². The van der Waals surface area contributed by atoms with Crippen LogP contribution in [0.2, 0.25) is 0 Å². The van der Waals surface area contributed by atoms with Gasteiger partial charge in [-0.3, -0.25) is 0 Å². The molecule has 1 atom stereocenters. The fourth-order valence-electron chi connectivity index (χ4n) is 0.469. The summed E-state index contributed by atoms with van der Waals surface area (Å²) >= 11 is 5.19. The summed E-state index contributed by atoms with van der Waals surface area (Å²) in [5, 5.41) is -0.382. The molecule has 0 amide bonds. The number of alkyl halides is 1. The maximum Gasteiger partial charge on any atom is 0.225 e. The monoisotopic (exact) mass is 214 g/mol. The lowest BCUT2D eigenvalue weighted by Crippen LogP contribution is -2.38. The largest absolute Gasteiger partial charge is 0.305 e. The van der Waals surface area contributed by atoms with E-state index in [0.717, 1.165) is 0 Å². The molecular weight excluding hydrogens is 200 g/mol. The minimum Gasteiger partial charge on any atom is -0.305 e. The van der Waals surface area contributed by atoms with Gasteiger partial charge in [-0.05, 0) is 21.0 Å². The Morgan fingerprint density at radius 2 is 2.00 bits per heavy atom. The van der Waals surface area contributed by atoms with Crippen LogP contribution in [0.25, 0.3) is 0 Å². The Kier molecular flexibility index (Phi) is 5.08. The number of likely N-dealkylation sites (N-methyl/N-ethyl adjacent to an activating group) is 1. The second-order valence-corrected chi connectivity index (χ2v) is 5.28. The fraction of sp³-hybridized carbons (Fsp3) is 1.00. The average molecular weight is 215 g/mol. The van der Waals surface area contributed by atoms with E-state index in [1.165, 1.54) is 0 Å². The molecule has 4 nitrogen and oxygen atoms in total. The van der Waals surface area contributed by atoms with Gasteiger partial charge in [-0.25, -0.2) is 13.1 Å². The molecule has 6 heteroatoms. The molecule has 0 bridgehead atoms. The molecule has 0 aromatic heterocycles. The second-order valence-electron chi connectivity index (χ2n) is 2.88. The van der Waals surface area contributed by atoms with Gasteiger partial charge in [0, 0.05) is 12.6 Å². The number of hydrogen-bond acceptors (Lipinski definition) is 3. The average Bonchev–Trinajstić information content (AvgIpc) is 2.00. The molecule has 74 valence electrons. The van der Waals surface area contributed by atoms with Crippen LogP contribution in [0.3, 0.4) is 0 Å². The third-order valence-electron chi connectivity index (χ3n) is 1.62. The summed E-state index contributed by atoms with van der Waals surface area (Å²) in [6.07, 6.45) is 0. The zero-order valence-electron chi connectivity index (χ0n) is 7.54. The molecule has 0 aliphatic heterocycles. The predicted octanol–water partition coefficient (Wildman–Crippen LogP) is 0.0522. The molecule has 0 saturated heterocycles. The summed E-state index contributed by atoms with van der Waals surface area (Å²) in [6, 6.07) is 0.169. The Labute approximate surface area is 78.9 Å². The van der Waals surface area contributed by atoms with Crippen LogP contribution >= 0.6 is 11.6 Å². The molecule has 0 fully saturated rings. The Bertz CT molecular complexity index is 216. The molecule has 0 aromatic rings. The van der Waals surface area contributed by atoms with Gasteiger partial charge in [0.1, 0.15) is 5.21 Å². The number of nitrogens with zero attached hydrogens (tertiary/aromatic N) is 1. The van der Waals surface area contributed by atoms with Crippen LogP contribution in [-0.4, -0.2) is 45.2 Å². The Balaban J connectivity index is 3.84. The van der Waals surface area contributed by atoms with Crippen LogP contribution in [0, 0.1) is 0 Å². The standard InChI is InChI=1S/C6H15ClN2O2S/c1-6(9(2)3)4-8-12(10,11)5-7/h6,8H,4-5H2,1-3H3. The van der Waals surface area contributed by atoms with Gasteiger partial charge in [-0.15, -0.1) is 11.6 Å². The number of nitrogens with one attached hydrogen (secondary N) is 1. The third kappa shape index (κ3) is 4.92. The van der Waals surface area contributed by atoms with Crippen LogP contribution in [-0.2, 0) is 10.0 Å². The number of halogens is 1. The molecule has 12 heavy (non-hydrogen) atoms. The number of rotatable bonds is 5. The van der Waals surface area contributed by atoms with Crippen molar-refractivity contribution in [2.24, 2.45) is 0 Å². The lowest BCUT2D eigenvalue weighted by atomic mass is 10.3. The van der Waals surface area contributed by atoms with E-state index in [0.29, 0.717) is 6.54 Å². The van der Waals surface area contributed by atoms with Crippen LogP contribution in [0.1, 0.15) is 6.92 Å². The normalized spacial score (nSPS) is 15.1. The van der Waals surface area contributed by atoms with Gasteiger partial charge >= 0.3 is 0 Å². The first-order valence-corrected chi connectivity index (χ1v) is 5.77. The van der Waals surface area contributed by atoms with E-state index in [1.807, 2.05) is 25.9 Å². The van der Waals surface area contributed by atoms with E-state index < -0.39 is 10.0 Å². The predicted molar refractivity (Wildman–Crippen MR) is 50.8 cm³/mol. The van der Waals surface area contributed by atoms with Gasteiger partial charge in [0.2, 0.25) is 10.0 Å². The highest BCUT2D eigenvalue weighted by atomic mass is 35.5. The van der Waals surface area contributed by atoms with Gasteiger partial charge in [0.15, 0.2) is 0 Å². The van der Waals surface area contributed by atoms with Gasteiger partial charge in [0.05, 0.1) is 0 Å². The van der Waals surface area contributed by atoms with Crippen LogP contribution in [0.4, 0.5) is 0 Å². The molecular formula is C6H15ClN2O2S. The molecule has 0 aromatic carbocycles. The minimum absolute atomic E-state index is 0.169. The van der Waals surface area contributed by atoms with Crippen molar-refractivity contribution in [3.05, 3.63) is 0 Å². The summed E-state index contributed by atoms with van der Waals surface area (Å²) in [5.74, 6) is 0. The summed E-state index contributed by atoms with van der Waals surface area (Å²) in [6.45, 7) is 2.32. The highest BCUT2D eigenvalue weighted by Gasteiger charge is 2.10. The minimum atomic E-state index is -3.26. The Morgan fingerprint density at radius 1 is 1.50 bits per heavy atom. The summed E-state index contributed by atoms with van der Waals surface area (Å²) in [7, 11) is 0.518. The molecule has 0 heterocycles. The van der Waals surface area contributed by atoms with Crippen molar-refractivity contribution < 1.29 is 8.42 Å². The fourth-order valence-corrected chi connectivity index (χ4v) is 1.27. The first-order chi connectivity index (χ1) is 5.39. The highest BCUT2D eigenvalue weighted by molar-refractivity contribution is 7.90. The Hall–Kier alpha value is 0.160. The van der Waals surface area contributed by atoms with E-state index in [9.17, 15) is 8.42 Å². The first-order valence-electron chi connectivity index (χ1n) is 3.59. The van der Waals surface area contributed by atoms with E-state index in [1.54, 1.807) is 0 Å². The number of hydrogen-bond donors (Lipinski definition) is 1. The SMILES string of the molecule is CC(CNS(=O)(=O)CCl)N(C)C. The molecule has 0 rings (SSSR count). The van der Waals surface area contributed by atoms with E-state index in [4.69, 9.17) is 11.6 Å². The molecule has 0 aliphatic carbocycles. The quantitative estimate of drug-likeness (QED) is 0.659. The van der Waals surface area contributed by atoms with Crippen molar-refractivity contribution in [3.63, 3.8) is 0 Å². The van der Waals surface area contributed by atoms with E-state index in [-0.39, 0.29) is 11.3 Å². The maximum atomic E-state index is 10.9. The zero-order chi connectivity index (χ0) is 9.78. The van der Waals surface area contributed by atoms with Crippen molar-refractivity contribution in [1.29, 1.82) is 0 Å². The van der Waals surface area contributed by atoms with Crippen molar-refractivity contribution in [3.8, 4) is 0 Å². The summed E-state index contributed by atoms with van der Waals surface area (Å²) < 4.78 is 24.1. The molecule has 0 aliphatic rings. The van der Waals surface area contributed by atoms with E-state index in [2.05, 4.69) is 4.72 Å². The maximum absolute atomic E-state index is 10.9. The first kappa shape index (κ1) is 12.2. The summed E-state index contributed by atoms with van der Waals surface area (Å²) in [4.78, 5) is 1.93. The second kappa shape index (κ2) is 5.01. The van der Waals surface area contributed by atoms with Gasteiger partial charge in [-0.1, -0.05) is 0 Å². The van der Waals surface area contributed by atoms with Gasteiger partial charge in [-0.2, -0.15) is 0 Å². The van der Waals surface area contributed by atoms with Crippen molar-refractivity contribution in [2.75, 3.05) is 25.9 Å². The summed E-state index contributed by atoms with van der Waals surface area (Å²) in [5.41, 5.74) is 0. The molecule has 0 radical (unpaired) electrons. The number of sulfonamides is 1. The van der Waals surface area contributed by atoms with Crippen molar-refractivity contribution in [2.45, 2.75) is 13.0 Å². The van der Waals surface area contributed by atoms with Gasteiger partial charge in [0.25, 0.3) is 0 Å². The smallest absolute Gasteiger partial charge is 0.225 e. The lowest BCUT2D eigenvalue weighted by Gasteiger charge is -2.19. The van der Waals surface area contributed by atoms with Crippen LogP contribution in [0.15, 0.2) is 0 Å². The topological polar surface area (TPSA) is 49.4 Å². The highest BCUT2D eigenvalue weighted by Crippen LogP contribution is 1.92. The molecule has 0 spiro atoms. The Morgan fingerprint density at radius 3 is 2.33 bits per heavy atom. The third-order valence-corrected chi connectivity index (χ3v) is 3.38. The van der Waals surface area contributed by atoms with Crippen molar-refractivity contribution >= 4 is 21.6 Å². The van der Waals surface area contributed by atoms with Crippen molar-refractivity contribution in [1.82, 2.24) is 9.62 Å². The van der Waals surface area contributed by atoms with Gasteiger partial charge < -0.3 is 4.90 Å². The van der Waals surface area contributed by atoms with Crippen LogP contribution < -0.4 is 4.72 Å².